The molecule has 0 unspecified atom stereocenters. The molecular formula is C25H28ClN5O2. The zero-order valence-electron chi connectivity index (χ0n) is 19.0. The number of anilines is 3. The van der Waals surface area contributed by atoms with Crippen LogP contribution in [0, 0.1) is 0 Å². The van der Waals surface area contributed by atoms with Gasteiger partial charge in [-0.15, -0.1) is 0 Å². The van der Waals surface area contributed by atoms with Crippen molar-refractivity contribution in [3.05, 3.63) is 59.9 Å². The number of rotatable bonds is 9. The van der Waals surface area contributed by atoms with E-state index >= 15 is 0 Å². The first-order valence-corrected chi connectivity index (χ1v) is 11.4. The molecule has 1 aliphatic heterocycles. The van der Waals surface area contributed by atoms with Crippen molar-refractivity contribution in [2.45, 2.75) is 19.3 Å². The molecule has 0 spiro atoms. The first-order chi connectivity index (χ1) is 16.0. The summed E-state index contributed by atoms with van der Waals surface area (Å²) in [6.45, 7) is 5.90. The van der Waals surface area contributed by atoms with Gasteiger partial charge in [-0.3, -0.25) is 4.79 Å². The molecule has 0 saturated heterocycles. The van der Waals surface area contributed by atoms with E-state index in [4.69, 9.17) is 16.3 Å². The number of carbonyl (C=O) groups excluding carboxylic acids is 1. The van der Waals surface area contributed by atoms with Gasteiger partial charge < -0.3 is 19.9 Å². The van der Waals surface area contributed by atoms with Crippen LogP contribution in [0.1, 0.15) is 18.4 Å². The van der Waals surface area contributed by atoms with Gasteiger partial charge in [0.1, 0.15) is 17.9 Å². The van der Waals surface area contributed by atoms with Crippen molar-refractivity contribution in [3.63, 3.8) is 0 Å². The number of hydrogen-bond acceptors (Lipinski definition) is 6. The highest BCUT2D eigenvalue weighted by Gasteiger charge is 2.24. The van der Waals surface area contributed by atoms with E-state index in [2.05, 4.69) is 51.8 Å². The van der Waals surface area contributed by atoms with Gasteiger partial charge in [0.15, 0.2) is 0 Å². The maximum atomic E-state index is 12.1. The van der Waals surface area contributed by atoms with Crippen LogP contribution in [-0.2, 0) is 11.2 Å². The molecule has 7 nitrogen and oxygen atoms in total. The summed E-state index contributed by atoms with van der Waals surface area (Å²) in [6.07, 6.45) is 5.64. The molecule has 0 atom stereocenters. The second kappa shape index (κ2) is 10.2. The molecule has 4 rings (SSSR count). The number of amides is 1. The van der Waals surface area contributed by atoms with Crippen LogP contribution in [0.15, 0.2) is 49.3 Å². The number of unbranched alkanes of at least 4 members (excludes halogenated alkanes) is 1. The summed E-state index contributed by atoms with van der Waals surface area (Å²) in [5.74, 6) is 1.05. The largest absolute Gasteiger partial charge is 0.491 e. The van der Waals surface area contributed by atoms with E-state index in [1.54, 1.807) is 6.33 Å². The third kappa shape index (κ3) is 5.26. The summed E-state index contributed by atoms with van der Waals surface area (Å²) in [6, 6.07) is 9.67. The van der Waals surface area contributed by atoms with E-state index < -0.39 is 0 Å². The Labute approximate surface area is 199 Å². The lowest BCUT2D eigenvalue weighted by Crippen LogP contribution is -2.16. The van der Waals surface area contributed by atoms with E-state index in [0.717, 1.165) is 54.8 Å². The number of carbonyl (C=O) groups is 1. The van der Waals surface area contributed by atoms with Crippen molar-refractivity contribution >= 4 is 45.6 Å². The summed E-state index contributed by atoms with van der Waals surface area (Å²) in [5.41, 5.74) is 3.58. The van der Waals surface area contributed by atoms with Crippen molar-refractivity contribution in [2.75, 3.05) is 44.0 Å². The number of hydrogen-bond donors (Lipinski definition) is 1. The normalized spacial score (nSPS) is 12.8. The molecule has 1 aromatic heterocycles. The molecule has 8 heteroatoms. The number of ether oxygens (including phenoxy) is 1. The topological polar surface area (TPSA) is 70.6 Å². The lowest BCUT2D eigenvalue weighted by atomic mass is 10.1. The maximum absolute atomic E-state index is 12.1. The van der Waals surface area contributed by atoms with E-state index in [1.165, 1.54) is 11.6 Å². The molecule has 172 valence electrons. The molecule has 0 saturated carbocycles. The number of nitrogens with one attached hydrogen (secondary N) is 1. The SMILES string of the molecule is C=CC(=O)Nc1cc2c(N3CCc4ccc(Cl)cc43)ncnc2cc1OCCCCN(C)C. The summed E-state index contributed by atoms with van der Waals surface area (Å²) < 4.78 is 6.05. The summed E-state index contributed by atoms with van der Waals surface area (Å²) >= 11 is 6.27. The van der Waals surface area contributed by atoms with Gasteiger partial charge in [0, 0.05) is 28.7 Å². The van der Waals surface area contributed by atoms with Gasteiger partial charge in [-0.2, -0.15) is 0 Å². The lowest BCUT2D eigenvalue weighted by molar-refractivity contribution is -0.111. The summed E-state index contributed by atoms with van der Waals surface area (Å²) in [4.78, 5) is 25.5. The first-order valence-electron chi connectivity index (χ1n) is 11.0. The Morgan fingerprint density at radius 2 is 2.12 bits per heavy atom. The minimum absolute atomic E-state index is 0.302. The van der Waals surface area contributed by atoms with Crippen LogP contribution in [0.25, 0.3) is 10.9 Å². The van der Waals surface area contributed by atoms with Crippen LogP contribution < -0.4 is 15.0 Å². The van der Waals surface area contributed by atoms with Gasteiger partial charge in [0.25, 0.3) is 0 Å². The van der Waals surface area contributed by atoms with Crippen molar-refractivity contribution in [3.8, 4) is 5.75 Å². The van der Waals surface area contributed by atoms with Gasteiger partial charge in [0.05, 0.1) is 17.8 Å². The summed E-state index contributed by atoms with van der Waals surface area (Å²) in [5, 5.41) is 4.38. The number of halogens is 1. The minimum atomic E-state index is -0.302. The Hall–Kier alpha value is -3.16. The quantitative estimate of drug-likeness (QED) is 0.361. The first kappa shape index (κ1) is 23.0. The average molecular weight is 466 g/mol. The van der Waals surface area contributed by atoms with Crippen LogP contribution in [0.4, 0.5) is 17.2 Å². The predicted octanol–water partition coefficient (Wildman–Crippen LogP) is 4.82. The lowest BCUT2D eigenvalue weighted by Gasteiger charge is -2.21. The Morgan fingerprint density at radius 1 is 1.27 bits per heavy atom. The third-order valence-electron chi connectivity index (χ3n) is 5.61. The second-order valence-corrected chi connectivity index (χ2v) is 8.73. The molecular weight excluding hydrogens is 438 g/mol. The van der Waals surface area contributed by atoms with Gasteiger partial charge in [-0.1, -0.05) is 24.2 Å². The number of benzene rings is 2. The summed E-state index contributed by atoms with van der Waals surface area (Å²) in [7, 11) is 4.11. The molecule has 0 radical (unpaired) electrons. The Kier molecular flexibility index (Phi) is 7.11. The molecule has 0 bridgehead atoms. The van der Waals surface area contributed by atoms with Crippen LogP contribution in [0.2, 0.25) is 5.02 Å². The Balaban J connectivity index is 1.68. The van der Waals surface area contributed by atoms with Gasteiger partial charge in [-0.05, 0) is 69.7 Å². The monoisotopic (exact) mass is 465 g/mol. The van der Waals surface area contributed by atoms with E-state index in [1.807, 2.05) is 24.3 Å². The van der Waals surface area contributed by atoms with Crippen LogP contribution >= 0.6 is 11.6 Å². The number of aromatic nitrogens is 2. The fraction of sp³-hybridized carbons (Fsp3) is 0.320. The standard InChI is InChI=1S/C25H28ClN5O2/c1-4-24(32)29-21-14-19-20(15-23(21)33-12-6-5-10-30(2)3)27-16-28-25(19)31-11-9-17-7-8-18(26)13-22(17)31/h4,7-8,13-16H,1,5-6,9-12H2,2-3H3,(H,29,32). The molecule has 1 amide bonds. The smallest absolute Gasteiger partial charge is 0.247 e. The number of fused-ring (bicyclic) bond motifs is 2. The maximum Gasteiger partial charge on any atom is 0.247 e. The zero-order chi connectivity index (χ0) is 23.4. The van der Waals surface area contributed by atoms with Gasteiger partial charge >= 0.3 is 0 Å². The molecule has 3 aromatic rings. The highest BCUT2D eigenvalue weighted by molar-refractivity contribution is 6.31. The van der Waals surface area contributed by atoms with Crippen LogP contribution in [0.5, 0.6) is 5.75 Å². The number of nitrogens with zero attached hydrogens (tertiary/aromatic N) is 4. The van der Waals surface area contributed by atoms with Gasteiger partial charge in [-0.25, -0.2) is 9.97 Å². The Morgan fingerprint density at radius 3 is 2.91 bits per heavy atom. The van der Waals surface area contributed by atoms with Crippen molar-refractivity contribution in [2.24, 2.45) is 0 Å². The second-order valence-electron chi connectivity index (χ2n) is 8.29. The minimum Gasteiger partial charge on any atom is -0.491 e. The van der Waals surface area contributed by atoms with E-state index in [9.17, 15) is 4.79 Å². The fourth-order valence-corrected chi connectivity index (χ4v) is 4.14. The average Bonchev–Trinajstić information content (AvgIpc) is 3.21. The van der Waals surface area contributed by atoms with Crippen LogP contribution in [-0.4, -0.2) is 54.6 Å². The molecule has 0 fully saturated rings. The van der Waals surface area contributed by atoms with Crippen molar-refractivity contribution < 1.29 is 9.53 Å². The third-order valence-corrected chi connectivity index (χ3v) is 5.85. The molecule has 1 N–H and O–H groups in total. The van der Waals surface area contributed by atoms with Gasteiger partial charge in [0.2, 0.25) is 5.91 Å². The molecule has 2 aromatic carbocycles. The fourth-order valence-electron chi connectivity index (χ4n) is 3.97. The predicted molar refractivity (Wildman–Crippen MR) is 134 cm³/mol. The highest BCUT2D eigenvalue weighted by Crippen LogP contribution is 2.40. The van der Waals surface area contributed by atoms with Crippen molar-refractivity contribution in [1.29, 1.82) is 0 Å². The van der Waals surface area contributed by atoms with Crippen LogP contribution in [0.3, 0.4) is 0 Å². The molecule has 0 aliphatic carbocycles. The molecule has 2 heterocycles. The highest BCUT2D eigenvalue weighted by atomic mass is 35.5. The zero-order valence-corrected chi connectivity index (χ0v) is 19.7. The molecule has 1 aliphatic rings. The molecule has 33 heavy (non-hydrogen) atoms. The Bertz CT molecular complexity index is 1180. The van der Waals surface area contributed by atoms with E-state index in [0.29, 0.717) is 23.1 Å². The van der Waals surface area contributed by atoms with E-state index in [-0.39, 0.29) is 5.91 Å². The van der Waals surface area contributed by atoms with Crippen molar-refractivity contribution in [1.82, 2.24) is 14.9 Å².